The lowest BCUT2D eigenvalue weighted by Crippen LogP contribution is -2.47. The molecule has 8 heteroatoms. The van der Waals surface area contributed by atoms with Crippen molar-refractivity contribution in [2.75, 3.05) is 57.9 Å². The highest BCUT2D eigenvalue weighted by Crippen LogP contribution is 2.40. The van der Waals surface area contributed by atoms with Gasteiger partial charge in [0.15, 0.2) is 11.5 Å². The largest absolute Gasteiger partial charge is 0.493 e. The first-order valence-electron chi connectivity index (χ1n) is 11.3. The van der Waals surface area contributed by atoms with Gasteiger partial charge in [0.25, 0.3) is 5.91 Å². The van der Waals surface area contributed by atoms with Crippen LogP contribution in [0.15, 0.2) is 46.4 Å². The number of nitrogens with one attached hydrogen (secondary N) is 1. The number of benzene rings is 2. The number of hydrogen-bond acceptors (Lipinski definition) is 5. The van der Waals surface area contributed by atoms with Crippen LogP contribution in [0, 0.1) is 5.82 Å². The Balaban J connectivity index is 1.18. The second-order valence-electron chi connectivity index (χ2n) is 8.19. The fourth-order valence-electron chi connectivity index (χ4n) is 4.19. The summed E-state index contributed by atoms with van der Waals surface area (Å²) >= 11 is 3.52. The summed E-state index contributed by atoms with van der Waals surface area (Å²) in [6, 6.07) is 10.7. The summed E-state index contributed by atoms with van der Waals surface area (Å²) in [5.41, 5.74) is 2.11. The zero-order valence-corrected chi connectivity index (χ0v) is 20.4. The summed E-state index contributed by atoms with van der Waals surface area (Å²) in [6.45, 7) is 5.31. The number of para-hydroxylation sites is 1. The Morgan fingerprint density at radius 2 is 1.94 bits per heavy atom. The topological polar surface area (TPSA) is 54.0 Å². The second kappa shape index (κ2) is 11.0. The summed E-state index contributed by atoms with van der Waals surface area (Å²) in [4.78, 5) is 17.1. The molecule has 1 saturated heterocycles. The number of nitrogens with zero attached hydrogens (tertiary/aromatic N) is 2. The third kappa shape index (κ3) is 5.68. The maximum atomic E-state index is 14.0. The Bertz CT molecular complexity index is 1020. The molecule has 0 atom stereocenters. The normalized spacial score (nSPS) is 16.0. The lowest BCUT2D eigenvalue weighted by molar-refractivity contribution is -0.117. The lowest BCUT2D eigenvalue weighted by atomic mass is 10.1. The maximum absolute atomic E-state index is 14.0. The summed E-state index contributed by atoms with van der Waals surface area (Å²) in [5, 5.41) is 3.00. The van der Waals surface area contributed by atoms with Crippen LogP contribution in [0.3, 0.4) is 0 Å². The van der Waals surface area contributed by atoms with Gasteiger partial charge in [-0.05, 0) is 49.7 Å². The molecule has 0 radical (unpaired) electrons. The molecule has 1 N–H and O–H groups in total. The van der Waals surface area contributed by atoms with E-state index in [4.69, 9.17) is 9.47 Å². The van der Waals surface area contributed by atoms with Crippen molar-refractivity contribution in [3.63, 3.8) is 0 Å². The Kier molecular flexibility index (Phi) is 7.88. The smallest absolute Gasteiger partial charge is 0.250 e. The number of fused-ring (bicyclic) bond motifs is 1. The van der Waals surface area contributed by atoms with Crippen LogP contribution in [0.5, 0.6) is 11.5 Å². The molecule has 2 heterocycles. The van der Waals surface area contributed by atoms with Gasteiger partial charge in [-0.2, -0.15) is 0 Å². The summed E-state index contributed by atoms with van der Waals surface area (Å²) in [5.74, 6) is 1.04. The van der Waals surface area contributed by atoms with Crippen molar-refractivity contribution in [3.8, 4) is 11.5 Å². The Morgan fingerprint density at radius 3 is 2.70 bits per heavy atom. The van der Waals surface area contributed by atoms with E-state index in [1.807, 2.05) is 30.3 Å². The molecule has 0 aliphatic carbocycles. The van der Waals surface area contributed by atoms with Gasteiger partial charge < -0.3 is 19.7 Å². The van der Waals surface area contributed by atoms with Crippen LogP contribution in [0.1, 0.15) is 18.4 Å². The molecule has 33 heavy (non-hydrogen) atoms. The number of halogens is 2. The van der Waals surface area contributed by atoms with E-state index in [0.29, 0.717) is 29.3 Å². The molecule has 1 fully saturated rings. The number of carbonyl (C=O) groups excluding carboxylic acids is 1. The summed E-state index contributed by atoms with van der Waals surface area (Å²) in [6.07, 6.45) is 3.76. The number of amides is 1. The van der Waals surface area contributed by atoms with E-state index >= 15 is 0 Å². The van der Waals surface area contributed by atoms with Crippen LogP contribution in [-0.2, 0) is 4.79 Å². The molecular weight excluding hydrogens is 489 g/mol. The van der Waals surface area contributed by atoms with Crippen molar-refractivity contribution in [1.82, 2.24) is 10.2 Å². The van der Waals surface area contributed by atoms with E-state index in [2.05, 4.69) is 31.0 Å². The van der Waals surface area contributed by atoms with Gasteiger partial charge in [-0.1, -0.05) is 28.1 Å². The monoisotopic (exact) mass is 517 g/mol. The number of ether oxygens (including phenoxy) is 2. The highest BCUT2D eigenvalue weighted by molar-refractivity contribution is 9.10. The average Bonchev–Trinajstić information content (AvgIpc) is 2.85. The number of methoxy groups -OCH3 is 1. The molecule has 2 aromatic rings. The molecule has 0 unspecified atom stereocenters. The van der Waals surface area contributed by atoms with E-state index in [1.54, 1.807) is 13.2 Å². The molecule has 2 aromatic carbocycles. The van der Waals surface area contributed by atoms with Gasteiger partial charge in [0, 0.05) is 42.8 Å². The predicted molar refractivity (Wildman–Crippen MR) is 131 cm³/mol. The fourth-order valence-corrected chi connectivity index (χ4v) is 4.62. The van der Waals surface area contributed by atoms with Crippen molar-refractivity contribution in [1.29, 1.82) is 0 Å². The van der Waals surface area contributed by atoms with Crippen LogP contribution in [0.2, 0.25) is 0 Å². The minimum Gasteiger partial charge on any atom is -0.493 e. The molecule has 0 bridgehead atoms. The molecule has 6 nitrogen and oxygen atoms in total. The van der Waals surface area contributed by atoms with Gasteiger partial charge in [-0.25, -0.2) is 4.39 Å². The van der Waals surface area contributed by atoms with E-state index in [1.165, 1.54) is 6.07 Å². The van der Waals surface area contributed by atoms with E-state index in [0.717, 1.165) is 55.6 Å². The third-order valence-corrected chi connectivity index (χ3v) is 6.75. The van der Waals surface area contributed by atoms with Gasteiger partial charge in [-0.3, -0.25) is 9.69 Å². The molecule has 0 spiro atoms. The fraction of sp³-hybridized carbons (Fsp3) is 0.400. The zero-order chi connectivity index (χ0) is 23.2. The predicted octanol–water partition coefficient (Wildman–Crippen LogP) is 4.09. The van der Waals surface area contributed by atoms with Crippen LogP contribution < -0.4 is 19.7 Å². The molecule has 176 valence electrons. The summed E-state index contributed by atoms with van der Waals surface area (Å²) < 4.78 is 26.0. The van der Waals surface area contributed by atoms with Crippen LogP contribution >= 0.6 is 15.9 Å². The first-order valence-corrected chi connectivity index (χ1v) is 12.1. The quantitative estimate of drug-likeness (QED) is 0.534. The molecule has 1 amide bonds. The first kappa shape index (κ1) is 23.6. The summed E-state index contributed by atoms with van der Waals surface area (Å²) in [7, 11) is 1.60. The van der Waals surface area contributed by atoms with Crippen LogP contribution in [-0.4, -0.2) is 63.8 Å². The SMILES string of the molecule is COc1ccc(Br)c2c1OCC(C(=O)NCCCCN1CCN(c3ccccc3F)CC1)=C2. The number of piperazine rings is 1. The van der Waals surface area contributed by atoms with Crippen LogP contribution in [0.25, 0.3) is 6.08 Å². The molecule has 2 aliphatic rings. The molecule has 4 rings (SSSR count). The van der Waals surface area contributed by atoms with Crippen LogP contribution in [0.4, 0.5) is 10.1 Å². The van der Waals surface area contributed by atoms with E-state index in [-0.39, 0.29) is 18.3 Å². The van der Waals surface area contributed by atoms with Gasteiger partial charge in [0.1, 0.15) is 12.4 Å². The number of hydrogen-bond donors (Lipinski definition) is 1. The second-order valence-corrected chi connectivity index (χ2v) is 9.05. The molecular formula is C25H29BrFN3O3. The van der Waals surface area contributed by atoms with Gasteiger partial charge >= 0.3 is 0 Å². The van der Waals surface area contributed by atoms with Crippen molar-refractivity contribution in [2.24, 2.45) is 0 Å². The third-order valence-electron chi connectivity index (χ3n) is 6.06. The maximum Gasteiger partial charge on any atom is 0.250 e. The standard InChI is InChI=1S/C25H29BrFN3O3/c1-32-23-9-8-20(26)19-16-18(17-33-24(19)23)25(31)28-10-4-5-11-29-12-14-30(15-13-29)22-7-3-2-6-21(22)27/h2-3,6-9,16H,4-5,10-15,17H2,1H3,(H,28,31). The minimum absolute atomic E-state index is 0.103. The Morgan fingerprint density at radius 1 is 1.15 bits per heavy atom. The lowest BCUT2D eigenvalue weighted by Gasteiger charge is -2.36. The van der Waals surface area contributed by atoms with Crippen molar-refractivity contribution in [2.45, 2.75) is 12.8 Å². The highest BCUT2D eigenvalue weighted by atomic mass is 79.9. The molecule has 0 saturated carbocycles. The van der Waals surface area contributed by atoms with Gasteiger partial charge in [-0.15, -0.1) is 0 Å². The van der Waals surface area contributed by atoms with E-state index in [9.17, 15) is 9.18 Å². The highest BCUT2D eigenvalue weighted by Gasteiger charge is 2.22. The minimum atomic E-state index is -0.157. The van der Waals surface area contributed by atoms with Crippen molar-refractivity contribution in [3.05, 3.63) is 57.8 Å². The van der Waals surface area contributed by atoms with Crippen molar-refractivity contribution >= 4 is 33.6 Å². The Labute approximate surface area is 202 Å². The van der Waals surface area contributed by atoms with E-state index < -0.39 is 0 Å². The van der Waals surface area contributed by atoms with Gasteiger partial charge in [0.2, 0.25) is 0 Å². The number of unbranched alkanes of at least 4 members (excludes halogenated alkanes) is 1. The average molecular weight is 518 g/mol. The zero-order valence-electron chi connectivity index (χ0n) is 18.8. The number of anilines is 1. The molecule has 2 aliphatic heterocycles. The number of rotatable bonds is 8. The first-order chi connectivity index (χ1) is 16.1. The van der Waals surface area contributed by atoms with Gasteiger partial charge in [0.05, 0.1) is 18.4 Å². The Hall–Kier alpha value is -2.58. The van der Waals surface area contributed by atoms with Crippen molar-refractivity contribution < 1.29 is 18.7 Å². The molecule has 0 aromatic heterocycles. The number of carbonyl (C=O) groups is 1.